The molecule has 2 heterocycles. The summed E-state index contributed by atoms with van der Waals surface area (Å²) in [6.07, 6.45) is 4.01. The first-order chi connectivity index (χ1) is 8.08. The Bertz CT molecular complexity index is 519. The van der Waals surface area contributed by atoms with Crippen molar-refractivity contribution in [3.05, 3.63) is 29.0 Å². The largest absolute Gasteiger partial charge is 0.480 e. The van der Waals surface area contributed by atoms with Crippen molar-refractivity contribution < 1.29 is 9.90 Å². The van der Waals surface area contributed by atoms with Crippen molar-refractivity contribution in [1.82, 2.24) is 9.97 Å². The number of rotatable bonds is 4. The minimum absolute atomic E-state index is 0.323. The van der Waals surface area contributed by atoms with Crippen molar-refractivity contribution in [3.8, 4) is 10.6 Å². The molecule has 1 unspecified atom stereocenters. The van der Waals surface area contributed by atoms with Crippen LogP contribution in [0.5, 0.6) is 0 Å². The fraction of sp³-hybridized carbons (Fsp3) is 0.273. The predicted molar refractivity (Wildman–Crippen MR) is 66.0 cm³/mol. The van der Waals surface area contributed by atoms with Gasteiger partial charge in [0.1, 0.15) is 11.0 Å². The summed E-state index contributed by atoms with van der Waals surface area (Å²) in [5.74, 6) is -0.985. The lowest BCUT2D eigenvalue weighted by Gasteiger charge is -2.03. The van der Waals surface area contributed by atoms with E-state index in [1.807, 2.05) is 25.4 Å². The number of carboxylic acid groups (broad SMARTS) is 1. The van der Waals surface area contributed by atoms with Crippen LogP contribution in [0, 0.1) is 6.92 Å². The fourth-order valence-electron chi connectivity index (χ4n) is 1.48. The molecule has 0 radical (unpaired) electrons. The van der Waals surface area contributed by atoms with Crippen LogP contribution in [-0.4, -0.2) is 27.1 Å². The first kappa shape index (κ1) is 11.8. The van der Waals surface area contributed by atoms with E-state index in [4.69, 9.17) is 10.8 Å². The van der Waals surface area contributed by atoms with Gasteiger partial charge in [-0.05, 0) is 13.0 Å². The zero-order chi connectivity index (χ0) is 12.4. The molecule has 0 spiro atoms. The number of H-pyrrole nitrogens is 1. The van der Waals surface area contributed by atoms with Gasteiger partial charge in [-0.2, -0.15) is 0 Å². The zero-order valence-electron chi connectivity index (χ0n) is 9.30. The van der Waals surface area contributed by atoms with Crippen molar-refractivity contribution in [3.63, 3.8) is 0 Å². The molecule has 0 aromatic carbocycles. The number of hydrogen-bond donors (Lipinski definition) is 3. The quantitative estimate of drug-likeness (QED) is 0.766. The van der Waals surface area contributed by atoms with E-state index in [1.54, 1.807) is 0 Å². The van der Waals surface area contributed by atoms with Crippen molar-refractivity contribution in [1.29, 1.82) is 0 Å². The normalized spacial score (nSPS) is 12.6. The molecule has 2 aromatic heterocycles. The van der Waals surface area contributed by atoms with E-state index in [2.05, 4.69) is 9.97 Å². The van der Waals surface area contributed by atoms with Gasteiger partial charge in [0.05, 0.1) is 5.69 Å². The number of carbonyl (C=O) groups is 1. The summed E-state index contributed by atoms with van der Waals surface area (Å²) in [6, 6.07) is 1.06. The molecule has 17 heavy (non-hydrogen) atoms. The third kappa shape index (κ3) is 2.54. The average Bonchev–Trinajstić information content (AvgIpc) is 2.88. The first-order valence-electron chi connectivity index (χ1n) is 5.16. The average molecular weight is 251 g/mol. The lowest BCUT2D eigenvalue weighted by atomic mass is 10.2. The van der Waals surface area contributed by atoms with E-state index in [1.165, 1.54) is 11.3 Å². The molecule has 2 aromatic rings. The second-order valence-corrected chi connectivity index (χ2v) is 4.86. The highest BCUT2D eigenvalue weighted by atomic mass is 32.1. The third-order valence-electron chi connectivity index (χ3n) is 2.46. The van der Waals surface area contributed by atoms with Crippen molar-refractivity contribution >= 4 is 17.3 Å². The number of hydrogen-bond acceptors (Lipinski definition) is 4. The molecule has 4 N–H and O–H groups in total. The van der Waals surface area contributed by atoms with E-state index in [0.29, 0.717) is 6.42 Å². The SMILES string of the molecule is Cc1nc(-c2cc[nH]c2)sc1CC(N)C(=O)O. The van der Waals surface area contributed by atoms with Crippen molar-refractivity contribution in [2.45, 2.75) is 19.4 Å². The number of aliphatic carboxylic acids is 1. The van der Waals surface area contributed by atoms with Crippen molar-refractivity contribution in [2.24, 2.45) is 5.73 Å². The molecule has 5 nitrogen and oxygen atoms in total. The first-order valence-corrected chi connectivity index (χ1v) is 5.97. The van der Waals surface area contributed by atoms with Gasteiger partial charge in [0.15, 0.2) is 0 Å². The van der Waals surface area contributed by atoms with Crippen LogP contribution in [0.3, 0.4) is 0 Å². The Balaban J connectivity index is 2.22. The van der Waals surface area contributed by atoms with Gasteiger partial charge in [-0.25, -0.2) is 4.98 Å². The molecule has 0 aliphatic heterocycles. The minimum atomic E-state index is -0.985. The van der Waals surface area contributed by atoms with Crippen molar-refractivity contribution in [2.75, 3.05) is 0 Å². The summed E-state index contributed by atoms with van der Waals surface area (Å²) >= 11 is 1.49. The summed E-state index contributed by atoms with van der Waals surface area (Å²) in [5.41, 5.74) is 7.38. The second-order valence-electron chi connectivity index (χ2n) is 3.78. The minimum Gasteiger partial charge on any atom is -0.480 e. The Labute approximate surface area is 102 Å². The second kappa shape index (κ2) is 4.68. The number of nitrogens with one attached hydrogen (secondary N) is 1. The molecule has 0 aliphatic rings. The van der Waals surface area contributed by atoms with Gasteiger partial charge < -0.3 is 15.8 Å². The number of aromatic nitrogens is 2. The van der Waals surface area contributed by atoms with E-state index in [0.717, 1.165) is 21.1 Å². The highest BCUT2D eigenvalue weighted by molar-refractivity contribution is 7.15. The van der Waals surface area contributed by atoms with Crippen LogP contribution in [0.4, 0.5) is 0 Å². The van der Waals surface area contributed by atoms with E-state index in [-0.39, 0.29) is 0 Å². The monoisotopic (exact) mass is 251 g/mol. The fourth-order valence-corrected chi connectivity index (χ4v) is 2.60. The highest BCUT2D eigenvalue weighted by Gasteiger charge is 2.17. The maximum absolute atomic E-state index is 10.7. The molecule has 2 rings (SSSR count). The smallest absolute Gasteiger partial charge is 0.320 e. The molecular formula is C11H13N3O2S. The molecule has 1 atom stereocenters. The van der Waals surface area contributed by atoms with Crippen LogP contribution >= 0.6 is 11.3 Å². The standard InChI is InChI=1S/C11H13N3O2S/c1-6-9(4-8(12)11(15)16)17-10(14-6)7-2-3-13-5-7/h2-3,5,8,13H,4,12H2,1H3,(H,15,16). The number of thiazole rings is 1. The molecule has 90 valence electrons. The highest BCUT2D eigenvalue weighted by Crippen LogP contribution is 2.28. The van der Waals surface area contributed by atoms with Gasteiger partial charge in [0.2, 0.25) is 0 Å². The van der Waals surface area contributed by atoms with Crippen LogP contribution in [0.2, 0.25) is 0 Å². The number of nitrogens with zero attached hydrogens (tertiary/aromatic N) is 1. The zero-order valence-corrected chi connectivity index (χ0v) is 10.1. The Kier molecular flexibility index (Phi) is 3.26. The molecule has 6 heteroatoms. The van der Waals surface area contributed by atoms with Crippen LogP contribution in [0.1, 0.15) is 10.6 Å². The Morgan fingerprint density at radius 3 is 3.06 bits per heavy atom. The summed E-state index contributed by atoms with van der Waals surface area (Å²) in [6.45, 7) is 1.87. The van der Waals surface area contributed by atoms with Gasteiger partial charge in [0.25, 0.3) is 0 Å². The van der Waals surface area contributed by atoms with Crippen LogP contribution < -0.4 is 5.73 Å². The molecule has 0 saturated carbocycles. The molecule has 0 saturated heterocycles. The number of aryl methyl sites for hydroxylation is 1. The van der Waals surface area contributed by atoms with Gasteiger partial charge >= 0.3 is 5.97 Å². The molecule has 0 aliphatic carbocycles. The summed E-state index contributed by atoms with van der Waals surface area (Å²) in [4.78, 5) is 19.0. The number of nitrogens with two attached hydrogens (primary N) is 1. The topological polar surface area (TPSA) is 92.0 Å². The predicted octanol–water partition coefficient (Wildman–Crippen LogP) is 1.40. The summed E-state index contributed by atoms with van der Waals surface area (Å²) in [7, 11) is 0. The lowest BCUT2D eigenvalue weighted by molar-refractivity contribution is -0.138. The maximum Gasteiger partial charge on any atom is 0.320 e. The van der Waals surface area contributed by atoms with E-state index < -0.39 is 12.0 Å². The molecule has 0 amide bonds. The Morgan fingerprint density at radius 2 is 2.47 bits per heavy atom. The van der Waals surface area contributed by atoms with Gasteiger partial charge in [-0.3, -0.25) is 4.79 Å². The summed E-state index contributed by atoms with van der Waals surface area (Å²) < 4.78 is 0. The number of carboxylic acids is 1. The molecular weight excluding hydrogens is 238 g/mol. The van der Waals surface area contributed by atoms with Gasteiger partial charge in [-0.15, -0.1) is 11.3 Å². The Morgan fingerprint density at radius 1 is 1.71 bits per heavy atom. The Hall–Kier alpha value is -1.66. The van der Waals surface area contributed by atoms with E-state index in [9.17, 15) is 4.79 Å². The third-order valence-corrected chi connectivity index (χ3v) is 3.69. The van der Waals surface area contributed by atoms with Crippen LogP contribution in [0.15, 0.2) is 18.5 Å². The molecule has 0 fully saturated rings. The number of aromatic amines is 1. The van der Waals surface area contributed by atoms with Crippen LogP contribution in [-0.2, 0) is 11.2 Å². The van der Waals surface area contributed by atoms with Gasteiger partial charge in [0, 0.05) is 29.3 Å². The lowest BCUT2D eigenvalue weighted by Crippen LogP contribution is -2.32. The van der Waals surface area contributed by atoms with Gasteiger partial charge in [-0.1, -0.05) is 0 Å². The molecule has 0 bridgehead atoms. The maximum atomic E-state index is 10.7. The van der Waals surface area contributed by atoms with E-state index >= 15 is 0 Å². The summed E-state index contributed by atoms with van der Waals surface area (Å²) in [5, 5.41) is 9.66. The van der Waals surface area contributed by atoms with Crippen LogP contribution in [0.25, 0.3) is 10.6 Å².